The second-order valence-electron chi connectivity index (χ2n) is 4.23. The second kappa shape index (κ2) is 5.92. The number of hydrogen-bond acceptors (Lipinski definition) is 4. The molecule has 0 aliphatic heterocycles. The summed E-state index contributed by atoms with van der Waals surface area (Å²) >= 11 is 0. The van der Waals surface area contributed by atoms with Crippen molar-refractivity contribution in [2.75, 3.05) is 10.6 Å². The molecule has 1 heterocycles. The van der Waals surface area contributed by atoms with Crippen LogP contribution in [0.15, 0.2) is 36.7 Å². The van der Waals surface area contributed by atoms with Crippen LogP contribution in [0, 0.1) is 6.92 Å². The number of aryl methyl sites for hydroxylation is 1. The maximum atomic E-state index is 11.9. The number of hydrogen-bond donors (Lipinski definition) is 2. The van der Waals surface area contributed by atoms with Crippen molar-refractivity contribution in [3.05, 3.63) is 48.0 Å². The van der Waals surface area contributed by atoms with Crippen LogP contribution < -0.4 is 10.6 Å². The van der Waals surface area contributed by atoms with Crippen LogP contribution in [0.5, 0.6) is 0 Å². The maximum Gasteiger partial charge on any atom is 0.258 e. The highest BCUT2D eigenvalue weighted by atomic mass is 16.2. The lowest BCUT2D eigenvalue weighted by atomic mass is 10.2. The van der Waals surface area contributed by atoms with Crippen LogP contribution in [-0.2, 0) is 4.79 Å². The van der Waals surface area contributed by atoms with Gasteiger partial charge in [-0.15, -0.1) is 0 Å². The normalized spacial score (nSPS) is 9.90. The molecule has 6 nitrogen and oxygen atoms in total. The van der Waals surface area contributed by atoms with Gasteiger partial charge in [-0.3, -0.25) is 9.59 Å². The molecule has 0 fully saturated rings. The Balaban J connectivity index is 2.04. The first-order chi connectivity index (χ1) is 9.54. The van der Waals surface area contributed by atoms with Gasteiger partial charge in [0, 0.05) is 30.7 Å². The Morgan fingerprint density at radius 2 is 1.45 bits per heavy atom. The first-order valence-corrected chi connectivity index (χ1v) is 6.02. The number of aromatic nitrogens is 2. The number of carbonyl (C=O) groups excluding carboxylic acids is 2. The predicted octanol–water partition coefficient (Wildman–Crippen LogP) is 2.00. The molecule has 0 spiro atoms. The minimum atomic E-state index is -0.280. The number of benzene rings is 1. The van der Waals surface area contributed by atoms with E-state index in [1.165, 1.54) is 19.3 Å². The Labute approximate surface area is 116 Å². The van der Waals surface area contributed by atoms with E-state index < -0.39 is 0 Å². The van der Waals surface area contributed by atoms with Gasteiger partial charge in [0.1, 0.15) is 5.82 Å². The van der Waals surface area contributed by atoms with Gasteiger partial charge in [0.25, 0.3) is 5.91 Å². The molecule has 2 aromatic rings. The van der Waals surface area contributed by atoms with Crippen molar-refractivity contribution in [2.24, 2.45) is 0 Å². The summed E-state index contributed by atoms with van der Waals surface area (Å²) in [6.45, 7) is 3.19. The van der Waals surface area contributed by atoms with Crippen LogP contribution in [0.3, 0.4) is 0 Å². The van der Waals surface area contributed by atoms with Crippen LogP contribution in [0.4, 0.5) is 11.4 Å². The summed E-state index contributed by atoms with van der Waals surface area (Å²) < 4.78 is 0. The Morgan fingerprint density at radius 1 is 0.950 bits per heavy atom. The molecule has 0 radical (unpaired) electrons. The number of rotatable bonds is 3. The molecule has 6 heteroatoms. The highest BCUT2D eigenvalue weighted by Gasteiger charge is 2.07. The topological polar surface area (TPSA) is 84.0 Å². The number of nitrogens with zero attached hydrogens (tertiary/aromatic N) is 2. The fraction of sp³-hybridized carbons (Fsp3) is 0.143. The summed E-state index contributed by atoms with van der Waals surface area (Å²) in [5, 5.41) is 5.38. The largest absolute Gasteiger partial charge is 0.326 e. The Hall–Kier alpha value is -2.76. The van der Waals surface area contributed by atoms with Gasteiger partial charge in [-0.25, -0.2) is 9.97 Å². The van der Waals surface area contributed by atoms with E-state index in [1.807, 2.05) is 0 Å². The van der Waals surface area contributed by atoms with Gasteiger partial charge in [-0.1, -0.05) is 0 Å². The van der Waals surface area contributed by atoms with Gasteiger partial charge in [-0.05, 0) is 31.2 Å². The summed E-state index contributed by atoms with van der Waals surface area (Å²) in [6.07, 6.45) is 2.95. The highest BCUT2D eigenvalue weighted by molar-refractivity contribution is 6.04. The lowest BCUT2D eigenvalue weighted by molar-refractivity contribution is -0.114. The molecular weight excluding hydrogens is 256 g/mol. The lowest BCUT2D eigenvalue weighted by Gasteiger charge is -2.06. The molecule has 2 amide bonds. The van der Waals surface area contributed by atoms with Gasteiger partial charge >= 0.3 is 0 Å². The number of amides is 2. The fourth-order valence-corrected chi connectivity index (χ4v) is 1.55. The van der Waals surface area contributed by atoms with Gasteiger partial charge in [0.05, 0.1) is 5.56 Å². The Morgan fingerprint density at radius 3 is 1.95 bits per heavy atom. The molecule has 2 rings (SSSR count). The summed E-state index contributed by atoms with van der Waals surface area (Å²) in [5.74, 6) is 0.192. The zero-order valence-electron chi connectivity index (χ0n) is 11.2. The van der Waals surface area contributed by atoms with Gasteiger partial charge < -0.3 is 10.6 Å². The molecule has 2 N–H and O–H groups in total. The summed E-state index contributed by atoms with van der Waals surface area (Å²) in [7, 11) is 0. The van der Waals surface area contributed by atoms with E-state index in [0.717, 1.165) is 0 Å². The monoisotopic (exact) mass is 270 g/mol. The molecule has 0 saturated carbocycles. The third-order valence-electron chi connectivity index (χ3n) is 2.51. The van der Waals surface area contributed by atoms with Crippen molar-refractivity contribution in [2.45, 2.75) is 13.8 Å². The molecule has 102 valence electrons. The number of carbonyl (C=O) groups is 2. The molecular formula is C14H14N4O2. The molecule has 0 atom stereocenters. The zero-order valence-corrected chi connectivity index (χ0v) is 11.2. The van der Waals surface area contributed by atoms with E-state index in [9.17, 15) is 9.59 Å². The molecule has 1 aromatic heterocycles. The average molecular weight is 270 g/mol. The molecule has 0 bridgehead atoms. The van der Waals surface area contributed by atoms with Crippen molar-refractivity contribution >= 4 is 23.2 Å². The Bertz CT molecular complexity index is 621. The number of nitrogens with one attached hydrogen (secondary N) is 2. The van der Waals surface area contributed by atoms with Crippen molar-refractivity contribution < 1.29 is 9.59 Å². The van der Waals surface area contributed by atoms with E-state index in [2.05, 4.69) is 20.6 Å². The van der Waals surface area contributed by atoms with E-state index in [4.69, 9.17) is 0 Å². The van der Waals surface area contributed by atoms with E-state index in [1.54, 1.807) is 31.2 Å². The summed E-state index contributed by atoms with van der Waals surface area (Å²) in [6, 6.07) is 6.84. The van der Waals surface area contributed by atoms with E-state index in [-0.39, 0.29) is 11.8 Å². The van der Waals surface area contributed by atoms with Crippen molar-refractivity contribution in [3.8, 4) is 0 Å². The fourth-order valence-electron chi connectivity index (χ4n) is 1.55. The molecule has 0 aliphatic rings. The van der Waals surface area contributed by atoms with Gasteiger partial charge in [0.2, 0.25) is 5.91 Å². The predicted molar refractivity (Wildman–Crippen MR) is 75.5 cm³/mol. The average Bonchev–Trinajstić information content (AvgIpc) is 2.41. The third kappa shape index (κ3) is 3.61. The van der Waals surface area contributed by atoms with Crippen LogP contribution in [0.2, 0.25) is 0 Å². The summed E-state index contributed by atoms with van der Waals surface area (Å²) in [5.41, 5.74) is 1.69. The minimum absolute atomic E-state index is 0.140. The summed E-state index contributed by atoms with van der Waals surface area (Å²) in [4.78, 5) is 30.8. The van der Waals surface area contributed by atoms with Gasteiger partial charge in [-0.2, -0.15) is 0 Å². The standard InChI is InChI=1S/C14H14N4O2/c1-9-15-7-11(8-16-9)14(20)18-13-5-3-12(4-6-13)17-10(2)19/h3-8H,1-2H3,(H,17,19)(H,18,20). The maximum absolute atomic E-state index is 11.9. The first kappa shape index (κ1) is 13.7. The number of anilines is 2. The molecule has 20 heavy (non-hydrogen) atoms. The zero-order chi connectivity index (χ0) is 14.5. The van der Waals surface area contributed by atoms with Crippen LogP contribution in [0.1, 0.15) is 23.1 Å². The quantitative estimate of drug-likeness (QED) is 0.893. The van der Waals surface area contributed by atoms with E-state index in [0.29, 0.717) is 22.8 Å². The SMILES string of the molecule is CC(=O)Nc1ccc(NC(=O)c2cnc(C)nc2)cc1. The first-order valence-electron chi connectivity index (χ1n) is 6.02. The highest BCUT2D eigenvalue weighted by Crippen LogP contribution is 2.14. The lowest BCUT2D eigenvalue weighted by Crippen LogP contribution is -2.13. The van der Waals surface area contributed by atoms with Crippen LogP contribution >= 0.6 is 0 Å². The molecule has 1 aromatic carbocycles. The molecule has 0 aliphatic carbocycles. The van der Waals surface area contributed by atoms with Crippen molar-refractivity contribution in [1.29, 1.82) is 0 Å². The van der Waals surface area contributed by atoms with Crippen LogP contribution in [-0.4, -0.2) is 21.8 Å². The Kier molecular flexibility index (Phi) is 4.05. The van der Waals surface area contributed by atoms with Gasteiger partial charge in [0.15, 0.2) is 0 Å². The third-order valence-corrected chi connectivity index (χ3v) is 2.51. The molecule has 0 saturated heterocycles. The van der Waals surface area contributed by atoms with Crippen molar-refractivity contribution in [1.82, 2.24) is 9.97 Å². The molecule has 0 unspecified atom stereocenters. The van der Waals surface area contributed by atoms with E-state index >= 15 is 0 Å². The second-order valence-corrected chi connectivity index (χ2v) is 4.23. The smallest absolute Gasteiger partial charge is 0.258 e. The van der Waals surface area contributed by atoms with Crippen LogP contribution in [0.25, 0.3) is 0 Å². The van der Waals surface area contributed by atoms with Crippen molar-refractivity contribution in [3.63, 3.8) is 0 Å². The minimum Gasteiger partial charge on any atom is -0.326 e.